The topological polar surface area (TPSA) is 106 Å². The molecule has 0 fully saturated rings. The third-order valence-corrected chi connectivity index (χ3v) is 7.57. The largest absolute Gasteiger partial charge is 0.351 e. The zero-order valence-electron chi connectivity index (χ0n) is 24.3. The van der Waals surface area contributed by atoms with E-state index >= 15 is 0 Å². The Balaban J connectivity index is 1.42. The van der Waals surface area contributed by atoms with Crippen molar-refractivity contribution in [2.75, 3.05) is 21.2 Å². The molecule has 0 bridgehead atoms. The van der Waals surface area contributed by atoms with Crippen LogP contribution in [-0.4, -0.2) is 47.2 Å². The second kappa shape index (κ2) is 11.9. The molecule has 0 radical (unpaired) electrons. The van der Waals surface area contributed by atoms with E-state index in [0.29, 0.717) is 22.7 Å². The van der Waals surface area contributed by atoms with Crippen molar-refractivity contribution in [1.82, 2.24) is 10.3 Å². The number of fused-ring (bicyclic) bond motifs is 2. The van der Waals surface area contributed by atoms with Crippen molar-refractivity contribution in [1.29, 1.82) is 0 Å². The zero-order valence-corrected chi connectivity index (χ0v) is 24.3. The number of amides is 4. The van der Waals surface area contributed by atoms with Crippen molar-refractivity contribution in [3.63, 3.8) is 0 Å². The molecule has 1 aliphatic rings. The molecule has 44 heavy (non-hydrogen) atoms. The Hall–Kier alpha value is -5.70. The van der Waals surface area contributed by atoms with E-state index in [1.54, 1.807) is 59.5 Å². The molecular formula is C35H31N5O4. The van der Waals surface area contributed by atoms with E-state index < -0.39 is 23.8 Å². The lowest BCUT2D eigenvalue weighted by Gasteiger charge is -2.31. The van der Waals surface area contributed by atoms with Gasteiger partial charge in [0.2, 0.25) is 5.91 Å². The maximum absolute atomic E-state index is 14.4. The van der Waals surface area contributed by atoms with Gasteiger partial charge in [-0.3, -0.25) is 29.0 Å². The van der Waals surface area contributed by atoms with Crippen LogP contribution in [0.3, 0.4) is 0 Å². The van der Waals surface area contributed by atoms with E-state index in [0.717, 1.165) is 10.9 Å². The quantitative estimate of drug-likeness (QED) is 0.249. The van der Waals surface area contributed by atoms with Gasteiger partial charge in [0.25, 0.3) is 17.7 Å². The summed E-state index contributed by atoms with van der Waals surface area (Å²) in [5.41, 5.74) is 2.96. The number of hydrogen-bond acceptors (Lipinski definition) is 4. The van der Waals surface area contributed by atoms with Crippen LogP contribution in [-0.2, 0) is 14.4 Å². The predicted octanol–water partition coefficient (Wildman–Crippen LogP) is 5.42. The monoisotopic (exact) mass is 585 g/mol. The molecule has 0 saturated heterocycles. The zero-order chi connectivity index (χ0) is 30.8. The number of benzene rings is 4. The van der Waals surface area contributed by atoms with E-state index in [9.17, 15) is 19.2 Å². The maximum Gasteiger partial charge on any atom is 0.268 e. The molecule has 9 heteroatoms. The number of nitrogens with one attached hydrogen (secondary N) is 2. The minimum atomic E-state index is -1.61. The van der Waals surface area contributed by atoms with Crippen LogP contribution >= 0.6 is 0 Å². The van der Waals surface area contributed by atoms with Crippen LogP contribution in [0.25, 0.3) is 10.9 Å². The second-order valence-corrected chi connectivity index (χ2v) is 10.8. The first kappa shape index (κ1) is 28.4. The van der Waals surface area contributed by atoms with Crippen LogP contribution < -0.4 is 20.0 Å². The van der Waals surface area contributed by atoms with Crippen molar-refractivity contribution >= 4 is 57.3 Å². The highest BCUT2D eigenvalue weighted by atomic mass is 16.2. The van der Waals surface area contributed by atoms with Crippen molar-refractivity contribution in [2.24, 2.45) is 0 Å². The fourth-order valence-electron chi connectivity index (χ4n) is 5.57. The second-order valence-electron chi connectivity index (χ2n) is 10.8. The van der Waals surface area contributed by atoms with Crippen LogP contribution in [0.15, 0.2) is 115 Å². The summed E-state index contributed by atoms with van der Waals surface area (Å²) >= 11 is 0. The fourth-order valence-corrected chi connectivity index (χ4v) is 5.57. The van der Waals surface area contributed by atoms with Crippen LogP contribution in [0.4, 0.5) is 22.7 Å². The van der Waals surface area contributed by atoms with Gasteiger partial charge in [0.05, 0.1) is 11.4 Å². The maximum atomic E-state index is 14.4. The van der Waals surface area contributed by atoms with Crippen LogP contribution in [0, 0.1) is 0 Å². The minimum Gasteiger partial charge on any atom is -0.351 e. The molecule has 5 aromatic rings. The molecule has 4 aromatic carbocycles. The highest BCUT2D eigenvalue weighted by Gasteiger charge is 2.43. The average Bonchev–Trinajstić information content (AvgIpc) is 3.45. The highest BCUT2D eigenvalue weighted by Crippen LogP contribution is 2.38. The van der Waals surface area contributed by atoms with Crippen LogP contribution in [0.2, 0.25) is 0 Å². The summed E-state index contributed by atoms with van der Waals surface area (Å²) in [6.45, 7) is 3.44. The Morgan fingerprint density at radius 1 is 0.795 bits per heavy atom. The Morgan fingerprint density at radius 3 is 2.09 bits per heavy atom. The molecule has 0 spiro atoms. The van der Waals surface area contributed by atoms with Crippen LogP contribution in [0.5, 0.6) is 0 Å². The van der Waals surface area contributed by atoms with Gasteiger partial charge >= 0.3 is 0 Å². The molecule has 220 valence electrons. The molecule has 1 atom stereocenters. The van der Waals surface area contributed by atoms with Gasteiger partial charge in [-0.25, -0.2) is 0 Å². The predicted molar refractivity (Wildman–Crippen MR) is 171 cm³/mol. The first-order chi connectivity index (χ1) is 21.3. The molecule has 4 amide bonds. The molecular weight excluding hydrogens is 554 g/mol. The van der Waals surface area contributed by atoms with Crippen molar-refractivity contribution < 1.29 is 19.2 Å². The van der Waals surface area contributed by atoms with Gasteiger partial charge in [-0.15, -0.1) is 0 Å². The normalized spacial score (nSPS) is 14.8. The molecule has 2 heterocycles. The first-order valence-corrected chi connectivity index (χ1v) is 14.4. The summed E-state index contributed by atoms with van der Waals surface area (Å²) in [6.07, 6.45) is 0. The summed E-state index contributed by atoms with van der Waals surface area (Å²) in [7, 11) is 0. The smallest absolute Gasteiger partial charge is 0.268 e. The Kier molecular flexibility index (Phi) is 7.68. The lowest BCUT2D eigenvalue weighted by molar-refractivity contribution is -0.129. The number of carbonyl (C=O) groups excluding carboxylic acids is 4. The third kappa shape index (κ3) is 5.31. The summed E-state index contributed by atoms with van der Waals surface area (Å²) < 4.78 is 0. The van der Waals surface area contributed by atoms with E-state index in [1.165, 1.54) is 9.80 Å². The highest BCUT2D eigenvalue weighted by molar-refractivity contribution is 6.25. The minimum absolute atomic E-state index is 0.206. The number of anilines is 4. The van der Waals surface area contributed by atoms with Crippen molar-refractivity contribution in [3.05, 3.63) is 121 Å². The number of nitrogens with zero attached hydrogens (tertiary/aromatic N) is 3. The summed E-state index contributed by atoms with van der Waals surface area (Å²) in [5, 5.41) is 3.50. The van der Waals surface area contributed by atoms with E-state index in [4.69, 9.17) is 0 Å². The Morgan fingerprint density at radius 2 is 1.41 bits per heavy atom. The molecule has 0 saturated carbocycles. The summed E-state index contributed by atoms with van der Waals surface area (Å²) in [6, 6.07) is 32.3. The van der Waals surface area contributed by atoms with Crippen molar-refractivity contribution in [2.45, 2.75) is 25.9 Å². The Bertz CT molecular complexity index is 1820. The molecule has 0 aliphatic carbocycles. The third-order valence-electron chi connectivity index (χ3n) is 7.57. The van der Waals surface area contributed by atoms with Gasteiger partial charge in [-0.05, 0) is 62.4 Å². The van der Waals surface area contributed by atoms with Gasteiger partial charge in [0, 0.05) is 28.3 Å². The Labute approximate surface area is 254 Å². The van der Waals surface area contributed by atoms with Gasteiger partial charge in [0.15, 0.2) is 6.04 Å². The van der Waals surface area contributed by atoms with Gasteiger partial charge < -0.3 is 15.2 Å². The molecule has 1 aromatic heterocycles. The van der Waals surface area contributed by atoms with Gasteiger partial charge in [0.1, 0.15) is 12.2 Å². The molecule has 6 rings (SSSR count). The van der Waals surface area contributed by atoms with E-state index in [1.807, 2.05) is 74.5 Å². The number of aromatic amines is 1. The number of hydrogen-bond donors (Lipinski definition) is 2. The van der Waals surface area contributed by atoms with Crippen LogP contribution in [0.1, 0.15) is 24.3 Å². The van der Waals surface area contributed by atoms with E-state index in [-0.39, 0.29) is 24.2 Å². The fraction of sp³-hybridized carbons (Fsp3) is 0.143. The number of carbonyl (C=O) groups is 4. The lowest BCUT2D eigenvalue weighted by Crippen LogP contribution is -2.56. The SMILES string of the molecule is CC(C)N(C(=O)CN1C(=O)C(NC(=O)c2cc3ccccc3[nH]2)C(=O)N(c2ccccc2)c2ccccc21)c1ccccc1. The molecule has 9 nitrogen and oxygen atoms in total. The number of para-hydroxylation sites is 5. The standard InChI is InChI=1S/C35H31N5O4/c1-23(2)39(25-14-5-3-6-15-25)31(41)22-38-29-19-11-12-20-30(29)40(26-16-7-4-8-17-26)35(44)32(34(38)43)37-33(42)28-21-24-13-9-10-18-27(24)36-28/h3-21,23,32,36H,22H2,1-2H3,(H,37,42). The van der Waals surface area contributed by atoms with Crippen molar-refractivity contribution in [3.8, 4) is 0 Å². The van der Waals surface area contributed by atoms with Gasteiger partial charge in [-0.2, -0.15) is 0 Å². The molecule has 1 aliphatic heterocycles. The molecule has 2 N–H and O–H groups in total. The first-order valence-electron chi connectivity index (χ1n) is 14.4. The summed E-state index contributed by atoms with van der Waals surface area (Å²) in [4.78, 5) is 63.6. The van der Waals surface area contributed by atoms with Gasteiger partial charge in [-0.1, -0.05) is 66.7 Å². The number of rotatable bonds is 7. The number of H-pyrrole nitrogens is 1. The van der Waals surface area contributed by atoms with E-state index in [2.05, 4.69) is 10.3 Å². The number of aromatic nitrogens is 1. The summed E-state index contributed by atoms with van der Waals surface area (Å²) in [5.74, 6) is -2.31. The average molecular weight is 586 g/mol. The molecule has 1 unspecified atom stereocenters. The lowest BCUT2D eigenvalue weighted by atomic mass is 10.1.